The topological polar surface area (TPSA) is 71.0 Å². The molecule has 0 atom stereocenters. The third-order valence-electron chi connectivity index (χ3n) is 5.23. The zero-order chi connectivity index (χ0) is 22.9. The van der Waals surface area contributed by atoms with Gasteiger partial charge in [-0.05, 0) is 30.3 Å². The van der Waals surface area contributed by atoms with E-state index < -0.39 is 17.2 Å². The van der Waals surface area contributed by atoms with Crippen LogP contribution in [-0.2, 0) is 0 Å². The van der Waals surface area contributed by atoms with Gasteiger partial charge in [-0.15, -0.1) is 0 Å². The van der Waals surface area contributed by atoms with E-state index in [-0.39, 0.29) is 11.2 Å². The second kappa shape index (κ2) is 8.09. The molecule has 5 nitrogen and oxygen atoms in total. The molecule has 0 spiro atoms. The normalized spacial score (nSPS) is 10.8. The number of nitriles is 1. The Morgan fingerprint density at radius 3 is 2.27 bits per heavy atom. The van der Waals surface area contributed by atoms with Gasteiger partial charge < -0.3 is 0 Å². The number of aromatic nitrogens is 3. The van der Waals surface area contributed by atoms with Crippen LogP contribution in [0.4, 0.5) is 8.78 Å². The fraction of sp³-hybridized carbons (Fsp3) is 0. The van der Waals surface area contributed by atoms with Gasteiger partial charge in [0.2, 0.25) is 0 Å². The minimum absolute atomic E-state index is 0.142. The Kier molecular flexibility index (Phi) is 4.96. The van der Waals surface area contributed by atoms with Gasteiger partial charge in [-0.25, -0.2) is 13.8 Å². The average molecular weight is 436 g/mol. The van der Waals surface area contributed by atoms with Crippen LogP contribution < -0.4 is 5.56 Å². The van der Waals surface area contributed by atoms with Gasteiger partial charge in [0.1, 0.15) is 11.6 Å². The highest BCUT2D eigenvalue weighted by Gasteiger charge is 2.17. The predicted molar refractivity (Wildman–Crippen MR) is 120 cm³/mol. The summed E-state index contributed by atoms with van der Waals surface area (Å²) in [5.74, 6) is -1.44. The molecule has 0 aliphatic carbocycles. The number of hydrogen-bond donors (Lipinski definition) is 0. The van der Waals surface area contributed by atoms with E-state index in [0.717, 1.165) is 10.6 Å². The summed E-state index contributed by atoms with van der Waals surface area (Å²) in [4.78, 5) is 17.5. The molecule has 0 fully saturated rings. The molecule has 0 saturated carbocycles. The quantitative estimate of drug-likeness (QED) is 0.388. The van der Waals surface area contributed by atoms with Gasteiger partial charge in [0.05, 0.1) is 23.0 Å². The summed E-state index contributed by atoms with van der Waals surface area (Å²) < 4.78 is 29.5. The Hall–Kier alpha value is -4.70. The van der Waals surface area contributed by atoms with Gasteiger partial charge in [0.25, 0.3) is 5.56 Å². The number of halogens is 2. The van der Waals surface area contributed by atoms with Gasteiger partial charge in [-0.3, -0.25) is 4.79 Å². The zero-order valence-electron chi connectivity index (χ0n) is 17.0. The first-order valence-electron chi connectivity index (χ1n) is 10.00. The van der Waals surface area contributed by atoms with Crippen molar-refractivity contribution in [1.29, 1.82) is 5.26 Å². The van der Waals surface area contributed by atoms with Crippen LogP contribution in [0.1, 0.15) is 5.56 Å². The summed E-state index contributed by atoms with van der Waals surface area (Å²) in [7, 11) is 0. The molecule has 7 heteroatoms. The highest BCUT2D eigenvalue weighted by atomic mass is 19.1. The van der Waals surface area contributed by atoms with Crippen molar-refractivity contribution in [2.75, 3.05) is 0 Å². The second-order valence-corrected chi connectivity index (χ2v) is 7.34. The van der Waals surface area contributed by atoms with E-state index in [1.807, 2.05) is 12.1 Å². The molecule has 5 aromatic rings. The highest BCUT2D eigenvalue weighted by molar-refractivity contribution is 5.83. The molecule has 33 heavy (non-hydrogen) atoms. The van der Waals surface area contributed by atoms with Crippen molar-refractivity contribution in [3.63, 3.8) is 0 Å². The fourth-order valence-electron chi connectivity index (χ4n) is 3.63. The minimum atomic E-state index is -0.746. The number of rotatable bonds is 3. The maximum absolute atomic E-state index is 14.7. The van der Waals surface area contributed by atoms with Crippen molar-refractivity contribution in [2.45, 2.75) is 0 Å². The summed E-state index contributed by atoms with van der Waals surface area (Å²) >= 11 is 0. The van der Waals surface area contributed by atoms with Crippen LogP contribution in [0.2, 0.25) is 0 Å². The van der Waals surface area contributed by atoms with Crippen LogP contribution in [0.15, 0.2) is 89.7 Å². The lowest BCUT2D eigenvalue weighted by Gasteiger charge is -2.13. The summed E-state index contributed by atoms with van der Waals surface area (Å²) in [6.45, 7) is 0. The first-order valence-corrected chi connectivity index (χ1v) is 10.00. The molecule has 0 unspecified atom stereocenters. The molecule has 158 valence electrons. The van der Waals surface area contributed by atoms with Crippen LogP contribution in [0.5, 0.6) is 0 Å². The largest absolute Gasteiger partial charge is 0.275 e. The van der Waals surface area contributed by atoms with Crippen LogP contribution in [0.3, 0.4) is 0 Å². The monoisotopic (exact) mass is 436 g/mol. The molecule has 0 aliphatic rings. The van der Waals surface area contributed by atoms with Crippen molar-refractivity contribution >= 4 is 5.65 Å². The van der Waals surface area contributed by atoms with Gasteiger partial charge in [0, 0.05) is 34.4 Å². The Bertz CT molecular complexity index is 1600. The smallest absolute Gasteiger partial charge is 0.267 e. The first kappa shape index (κ1) is 20.2. The van der Waals surface area contributed by atoms with Gasteiger partial charge in [0.15, 0.2) is 5.65 Å². The number of nitrogens with zero attached hydrogens (tertiary/aromatic N) is 4. The SMILES string of the molecule is N#Cc1ccc(-c2cc(=O)n3nc(-c4ccccc4)c(-c4ccc(F)cc4F)cc3n2)cc1. The summed E-state index contributed by atoms with van der Waals surface area (Å²) in [6.07, 6.45) is 0. The van der Waals surface area contributed by atoms with E-state index in [1.54, 1.807) is 54.6 Å². The summed E-state index contributed by atoms with van der Waals surface area (Å²) in [6, 6.07) is 24.0. The standard InChI is InChI=1S/C26H14F2N4O/c27-19-10-11-20(22(28)12-19)21-13-24-30-23(17-8-6-16(15-29)7-9-17)14-25(33)32(24)31-26(21)18-4-2-1-3-5-18/h1-14H. The van der Waals surface area contributed by atoms with Crippen molar-refractivity contribution in [2.24, 2.45) is 0 Å². The zero-order valence-corrected chi connectivity index (χ0v) is 17.0. The third-order valence-corrected chi connectivity index (χ3v) is 5.23. The lowest BCUT2D eigenvalue weighted by molar-refractivity contribution is 0.585. The Labute approximate surface area is 186 Å². The van der Waals surface area contributed by atoms with E-state index in [0.29, 0.717) is 33.6 Å². The predicted octanol–water partition coefficient (Wildman–Crippen LogP) is 5.24. The molecular formula is C26H14F2N4O. The van der Waals surface area contributed by atoms with Crippen LogP contribution >= 0.6 is 0 Å². The molecule has 3 aromatic carbocycles. The molecule has 0 aliphatic heterocycles. The Morgan fingerprint density at radius 2 is 1.58 bits per heavy atom. The summed E-state index contributed by atoms with van der Waals surface area (Å²) in [5.41, 5.74) is 2.87. The summed E-state index contributed by atoms with van der Waals surface area (Å²) in [5, 5.41) is 13.5. The maximum atomic E-state index is 14.7. The van der Waals surface area contributed by atoms with E-state index in [1.165, 1.54) is 18.2 Å². The van der Waals surface area contributed by atoms with E-state index in [9.17, 15) is 13.6 Å². The number of benzene rings is 3. The minimum Gasteiger partial charge on any atom is -0.267 e. The molecular weight excluding hydrogens is 422 g/mol. The van der Waals surface area contributed by atoms with E-state index in [4.69, 9.17) is 5.26 Å². The Morgan fingerprint density at radius 1 is 0.818 bits per heavy atom. The molecule has 0 N–H and O–H groups in total. The van der Waals surface area contributed by atoms with Crippen molar-refractivity contribution < 1.29 is 8.78 Å². The van der Waals surface area contributed by atoms with E-state index >= 15 is 0 Å². The first-order chi connectivity index (χ1) is 16.0. The van der Waals surface area contributed by atoms with Gasteiger partial charge >= 0.3 is 0 Å². The van der Waals surface area contributed by atoms with Crippen molar-refractivity contribution in [3.05, 3.63) is 112 Å². The lowest BCUT2D eigenvalue weighted by atomic mass is 9.99. The lowest BCUT2D eigenvalue weighted by Crippen LogP contribution is -2.18. The molecule has 0 radical (unpaired) electrons. The molecule has 0 saturated heterocycles. The number of hydrogen-bond acceptors (Lipinski definition) is 4. The second-order valence-electron chi connectivity index (χ2n) is 7.34. The Balaban J connectivity index is 1.78. The van der Waals surface area contributed by atoms with Gasteiger partial charge in [-0.2, -0.15) is 14.9 Å². The van der Waals surface area contributed by atoms with Crippen LogP contribution in [0, 0.1) is 23.0 Å². The molecule has 2 aromatic heterocycles. The number of fused-ring (bicyclic) bond motifs is 1. The van der Waals surface area contributed by atoms with Crippen molar-refractivity contribution in [1.82, 2.24) is 14.6 Å². The molecule has 5 rings (SSSR count). The third kappa shape index (κ3) is 3.75. The van der Waals surface area contributed by atoms with Crippen molar-refractivity contribution in [3.8, 4) is 39.7 Å². The molecule has 2 heterocycles. The van der Waals surface area contributed by atoms with Crippen LogP contribution in [0.25, 0.3) is 39.3 Å². The van der Waals surface area contributed by atoms with Crippen LogP contribution in [-0.4, -0.2) is 14.6 Å². The highest BCUT2D eigenvalue weighted by Crippen LogP contribution is 2.33. The molecule has 0 amide bonds. The average Bonchev–Trinajstić information content (AvgIpc) is 2.84. The van der Waals surface area contributed by atoms with Gasteiger partial charge in [-0.1, -0.05) is 42.5 Å². The fourth-order valence-corrected chi connectivity index (χ4v) is 3.63. The molecule has 0 bridgehead atoms. The maximum Gasteiger partial charge on any atom is 0.275 e. The van der Waals surface area contributed by atoms with E-state index in [2.05, 4.69) is 10.1 Å².